The van der Waals surface area contributed by atoms with Crippen molar-refractivity contribution >= 4 is 43.6 Å². The molecular weight excluding hydrogens is 532 g/mol. The molecule has 0 atom stereocenters. The predicted molar refractivity (Wildman–Crippen MR) is 186 cm³/mol. The van der Waals surface area contributed by atoms with Crippen LogP contribution in [0.4, 0.5) is 0 Å². The Bertz CT molecular complexity index is 2460. The van der Waals surface area contributed by atoms with Gasteiger partial charge in [0.2, 0.25) is 0 Å². The fourth-order valence-corrected chi connectivity index (χ4v) is 6.96. The third-order valence-corrected chi connectivity index (χ3v) is 8.92. The number of hydrogen-bond donors (Lipinski definition) is 0. The summed E-state index contributed by atoms with van der Waals surface area (Å²) in [5.74, 6) is 0. The fourth-order valence-electron chi connectivity index (χ4n) is 6.96. The topological polar surface area (TPSA) is 9.86 Å². The Balaban J connectivity index is 1.28. The fraction of sp³-hybridized carbons (Fsp3) is 0. The van der Waals surface area contributed by atoms with Crippen LogP contribution in [0.25, 0.3) is 77.2 Å². The molecule has 0 amide bonds. The molecule has 0 fully saturated rings. The van der Waals surface area contributed by atoms with Crippen LogP contribution in [0.1, 0.15) is 0 Å². The van der Waals surface area contributed by atoms with Gasteiger partial charge in [-0.05, 0) is 70.8 Å². The average Bonchev–Trinajstić information content (AvgIpc) is 3.62. The molecule has 0 N–H and O–H groups in total. The molecule has 2 aromatic heterocycles. The average molecular weight is 561 g/mol. The molecule has 9 rings (SSSR count). The van der Waals surface area contributed by atoms with E-state index < -0.39 is 0 Å². The van der Waals surface area contributed by atoms with Crippen molar-refractivity contribution < 1.29 is 0 Å². The molecule has 2 nitrogen and oxygen atoms in total. The van der Waals surface area contributed by atoms with Crippen LogP contribution >= 0.6 is 0 Å². The Hall–Kier alpha value is -5.86. The standard InChI is InChI=1S/C42H28N2/c1-3-12-29(13-4-1)30-22-24-31(25-23-30)32-14-11-17-34(28-32)44-38-21-10-8-19-36(38)42-40(44)27-26-39-41(42)35-18-7-9-20-37(35)43(39)33-15-5-2-6-16-33/h1-28H. The maximum Gasteiger partial charge on any atom is 0.0548 e. The van der Waals surface area contributed by atoms with Crippen LogP contribution in [-0.4, -0.2) is 9.13 Å². The first kappa shape index (κ1) is 24.7. The smallest absolute Gasteiger partial charge is 0.0548 e. The SMILES string of the molecule is c1ccc(-c2ccc(-c3cccc(-n4c5ccccc5c5c6c7ccccc7n(-c7ccccc7)c6ccc54)c3)cc2)cc1. The molecule has 44 heavy (non-hydrogen) atoms. The second-order valence-electron chi connectivity index (χ2n) is 11.4. The molecule has 9 aromatic rings. The second-order valence-corrected chi connectivity index (χ2v) is 11.4. The van der Waals surface area contributed by atoms with Crippen molar-refractivity contribution in [2.24, 2.45) is 0 Å². The van der Waals surface area contributed by atoms with E-state index >= 15 is 0 Å². The first-order valence-electron chi connectivity index (χ1n) is 15.1. The minimum Gasteiger partial charge on any atom is -0.309 e. The number of para-hydroxylation sites is 3. The summed E-state index contributed by atoms with van der Waals surface area (Å²) in [5, 5.41) is 5.12. The number of hydrogen-bond acceptors (Lipinski definition) is 0. The zero-order chi connectivity index (χ0) is 29.0. The normalized spacial score (nSPS) is 11.6. The highest BCUT2D eigenvalue weighted by molar-refractivity contribution is 6.28. The number of benzene rings is 7. The van der Waals surface area contributed by atoms with E-state index in [0.29, 0.717) is 0 Å². The summed E-state index contributed by atoms with van der Waals surface area (Å²) in [5.41, 5.74) is 12.1. The summed E-state index contributed by atoms with van der Waals surface area (Å²) >= 11 is 0. The predicted octanol–water partition coefficient (Wildman–Crippen LogP) is 11.2. The van der Waals surface area contributed by atoms with E-state index in [2.05, 4.69) is 179 Å². The first-order chi connectivity index (χ1) is 21.8. The van der Waals surface area contributed by atoms with Gasteiger partial charge in [-0.15, -0.1) is 0 Å². The van der Waals surface area contributed by atoms with Crippen molar-refractivity contribution in [2.75, 3.05) is 0 Å². The van der Waals surface area contributed by atoms with Crippen molar-refractivity contribution in [1.29, 1.82) is 0 Å². The molecule has 0 unspecified atom stereocenters. The minimum atomic E-state index is 1.16. The highest BCUT2D eigenvalue weighted by atomic mass is 15.0. The van der Waals surface area contributed by atoms with Crippen molar-refractivity contribution in [3.8, 4) is 33.6 Å². The molecule has 2 heterocycles. The van der Waals surface area contributed by atoms with Gasteiger partial charge in [-0.1, -0.05) is 121 Å². The molecule has 0 aliphatic rings. The van der Waals surface area contributed by atoms with Crippen molar-refractivity contribution in [3.63, 3.8) is 0 Å². The van der Waals surface area contributed by atoms with Crippen molar-refractivity contribution in [2.45, 2.75) is 0 Å². The summed E-state index contributed by atoms with van der Waals surface area (Å²) in [4.78, 5) is 0. The zero-order valence-electron chi connectivity index (χ0n) is 24.1. The zero-order valence-corrected chi connectivity index (χ0v) is 24.1. The minimum absolute atomic E-state index is 1.16. The van der Waals surface area contributed by atoms with Crippen molar-refractivity contribution in [3.05, 3.63) is 170 Å². The third-order valence-electron chi connectivity index (χ3n) is 8.92. The van der Waals surface area contributed by atoms with Gasteiger partial charge in [-0.25, -0.2) is 0 Å². The van der Waals surface area contributed by atoms with E-state index in [1.54, 1.807) is 0 Å². The molecule has 2 heteroatoms. The lowest BCUT2D eigenvalue weighted by Gasteiger charge is -2.11. The summed E-state index contributed by atoms with van der Waals surface area (Å²) in [6, 6.07) is 61.3. The Morgan fingerprint density at radius 3 is 1.32 bits per heavy atom. The lowest BCUT2D eigenvalue weighted by atomic mass is 10.00. The molecule has 0 aliphatic carbocycles. The number of rotatable bonds is 4. The highest BCUT2D eigenvalue weighted by Gasteiger charge is 2.20. The molecular formula is C42H28N2. The van der Waals surface area contributed by atoms with Crippen molar-refractivity contribution in [1.82, 2.24) is 9.13 Å². The Labute approximate surface area is 255 Å². The van der Waals surface area contributed by atoms with Gasteiger partial charge in [0.25, 0.3) is 0 Å². The molecule has 0 saturated heterocycles. The number of aromatic nitrogens is 2. The van der Waals surface area contributed by atoms with E-state index in [4.69, 9.17) is 0 Å². The Kier molecular flexibility index (Phi) is 5.54. The third kappa shape index (κ3) is 3.75. The van der Waals surface area contributed by atoms with Crippen LogP contribution in [0.5, 0.6) is 0 Å². The summed E-state index contributed by atoms with van der Waals surface area (Å²) in [6.07, 6.45) is 0. The van der Waals surface area contributed by atoms with Crippen LogP contribution in [0.15, 0.2) is 170 Å². The maximum absolute atomic E-state index is 2.43. The Morgan fingerprint density at radius 2 is 0.705 bits per heavy atom. The summed E-state index contributed by atoms with van der Waals surface area (Å²) in [7, 11) is 0. The van der Waals surface area contributed by atoms with Crippen LogP contribution in [0.3, 0.4) is 0 Å². The highest BCUT2D eigenvalue weighted by Crippen LogP contribution is 2.42. The molecule has 0 radical (unpaired) electrons. The monoisotopic (exact) mass is 560 g/mol. The van der Waals surface area contributed by atoms with Gasteiger partial charge in [-0.3, -0.25) is 0 Å². The van der Waals surface area contributed by atoms with Gasteiger partial charge in [0, 0.05) is 32.9 Å². The van der Waals surface area contributed by atoms with E-state index in [1.807, 2.05) is 0 Å². The molecule has 206 valence electrons. The Morgan fingerprint density at radius 1 is 0.273 bits per heavy atom. The first-order valence-corrected chi connectivity index (χ1v) is 15.1. The molecule has 0 bridgehead atoms. The second kappa shape index (κ2) is 9.86. The summed E-state index contributed by atoms with van der Waals surface area (Å²) in [6.45, 7) is 0. The van der Waals surface area contributed by atoms with E-state index in [9.17, 15) is 0 Å². The van der Waals surface area contributed by atoms with Gasteiger partial charge in [-0.2, -0.15) is 0 Å². The van der Waals surface area contributed by atoms with E-state index in [0.717, 1.165) is 5.69 Å². The van der Waals surface area contributed by atoms with Gasteiger partial charge < -0.3 is 9.13 Å². The quantitative estimate of drug-likeness (QED) is 0.203. The maximum atomic E-state index is 2.43. The van der Waals surface area contributed by atoms with Crippen LogP contribution < -0.4 is 0 Å². The molecule has 7 aromatic carbocycles. The largest absolute Gasteiger partial charge is 0.309 e. The molecule has 0 saturated carbocycles. The lowest BCUT2D eigenvalue weighted by Crippen LogP contribution is -1.95. The van der Waals surface area contributed by atoms with E-state index in [1.165, 1.54) is 71.6 Å². The van der Waals surface area contributed by atoms with E-state index in [-0.39, 0.29) is 0 Å². The summed E-state index contributed by atoms with van der Waals surface area (Å²) < 4.78 is 4.83. The van der Waals surface area contributed by atoms with Crippen LogP contribution in [0, 0.1) is 0 Å². The molecule has 0 aliphatic heterocycles. The van der Waals surface area contributed by atoms with Crippen LogP contribution in [-0.2, 0) is 0 Å². The number of nitrogens with zero attached hydrogens (tertiary/aromatic N) is 2. The molecule has 0 spiro atoms. The van der Waals surface area contributed by atoms with Gasteiger partial charge in [0.15, 0.2) is 0 Å². The van der Waals surface area contributed by atoms with Gasteiger partial charge in [0.05, 0.1) is 22.1 Å². The van der Waals surface area contributed by atoms with Gasteiger partial charge >= 0.3 is 0 Å². The van der Waals surface area contributed by atoms with Gasteiger partial charge in [0.1, 0.15) is 0 Å². The van der Waals surface area contributed by atoms with Crippen LogP contribution in [0.2, 0.25) is 0 Å². The number of fused-ring (bicyclic) bond motifs is 7. The lowest BCUT2D eigenvalue weighted by molar-refractivity contribution is 1.17.